The maximum atomic E-state index is 13.2. The minimum Gasteiger partial charge on any atom is -0.479 e. The second kappa shape index (κ2) is 9.21. The Morgan fingerprint density at radius 3 is 2.11 bits per heavy atom. The molecule has 0 bridgehead atoms. The number of amides is 2. The van der Waals surface area contributed by atoms with Crippen LogP contribution in [0.3, 0.4) is 0 Å². The third kappa shape index (κ3) is 5.29. The second-order valence-electron chi connectivity index (χ2n) is 8.10. The van der Waals surface area contributed by atoms with Crippen LogP contribution in [0.25, 0.3) is 0 Å². The summed E-state index contributed by atoms with van der Waals surface area (Å²) in [7, 11) is 0. The molecule has 2 amide bonds. The zero-order valence-electron chi connectivity index (χ0n) is 18.6. The molecule has 3 aromatic rings. The van der Waals surface area contributed by atoms with Crippen LogP contribution in [0.2, 0.25) is 0 Å². The number of hydrogen-bond acceptors (Lipinski definition) is 3. The van der Waals surface area contributed by atoms with Crippen molar-refractivity contribution >= 4 is 23.2 Å². The predicted octanol–water partition coefficient (Wildman–Crippen LogP) is 6.29. The number of nitrogens with zero attached hydrogens (tertiary/aromatic N) is 1. The van der Waals surface area contributed by atoms with E-state index in [-0.39, 0.29) is 24.2 Å². The highest BCUT2D eigenvalue weighted by atomic mass is 19.4. The van der Waals surface area contributed by atoms with Crippen molar-refractivity contribution in [3.8, 4) is 5.75 Å². The summed E-state index contributed by atoms with van der Waals surface area (Å²) in [6, 6.07) is 13.9. The first-order valence-corrected chi connectivity index (χ1v) is 10.6. The molecule has 5 nitrogen and oxygen atoms in total. The maximum absolute atomic E-state index is 13.2. The van der Waals surface area contributed by atoms with Gasteiger partial charge in [0.25, 0.3) is 11.8 Å². The van der Waals surface area contributed by atoms with Crippen LogP contribution >= 0.6 is 0 Å². The topological polar surface area (TPSA) is 58.6 Å². The molecule has 0 aliphatic carbocycles. The number of anilines is 2. The Kier molecular flexibility index (Phi) is 6.42. The molecule has 0 spiro atoms. The number of carbonyl (C=O) groups excluding carboxylic acids is 2. The number of ether oxygens (including phenoxy) is 1. The fourth-order valence-electron chi connectivity index (χ4n) is 3.70. The summed E-state index contributed by atoms with van der Waals surface area (Å²) in [6.45, 7) is 1.76. The molecule has 3 aromatic carbocycles. The number of carbonyl (C=O) groups is 2. The van der Waals surface area contributed by atoms with Crippen molar-refractivity contribution in [1.82, 2.24) is 0 Å². The summed E-state index contributed by atoms with van der Waals surface area (Å²) in [5.74, 6) is -1.21. The molecule has 0 radical (unpaired) electrons. The lowest BCUT2D eigenvalue weighted by Gasteiger charge is -2.33. The van der Waals surface area contributed by atoms with Crippen molar-refractivity contribution in [2.24, 2.45) is 0 Å². The van der Waals surface area contributed by atoms with Gasteiger partial charge < -0.3 is 15.0 Å². The molecule has 36 heavy (non-hydrogen) atoms. The summed E-state index contributed by atoms with van der Waals surface area (Å²) in [5.41, 5.74) is -2.88. The van der Waals surface area contributed by atoms with Crippen LogP contribution in [-0.4, -0.2) is 17.9 Å². The van der Waals surface area contributed by atoms with Gasteiger partial charge in [0.2, 0.25) is 0 Å². The van der Waals surface area contributed by atoms with Gasteiger partial charge >= 0.3 is 12.4 Å². The van der Waals surface area contributed by atoms with Gasteiger partial charge in [-0.3, -0.25) is 9.59 Å². The highest BCUT2D eigenvalue weighted by molar-refractivity contribution is 6.06. The van der Waals surface area contributed by atoms with Gasteiger partial charge in [0, 0.05) is 11.3 Å². The summed E-state index contributed by atoms with van der Waals surface area (Å²) < 4.78 is 84.5. The average Bonchev–Trinajstić information content (AvgIpc) is 2.81. The SMILES string of the molecule is CC1Oc2ccc(NC(=O)c3cc(C(F)(F)F)cc(C(F)(F)F)c3)cc2N(Cc2ccccc2)C1=O. The third-order valence-corrected chi connectivity index (χ3v) is 5.46. The molecule has 0 fully saturated rings. The number of fused-ring (bicyclic) bond motifs is 1. The van der Waals surface area contributed by atoms with Gasteiger partial charge in [-0.2, -0.15) is 26.3 Å². The van der Waals surface area contributed by atoms with Crippen molar-refractivity contribution < 1.29 is 40.7 Å². The van der Waals surface area contributed by atoms with Crippen molar-refractivity contribution in [1.29, 1.82) is 0 Å². The monoisotopic (exact) mass is 508 g/mol. The van der Waals surface area contributed by atoms with E-state index in [4.69, 9.17) is 4.74 Å². The second-order valence-corrected chi connectivity index (χ2v) is 8.10. The lowest BCUT2D eigenvalue weighted by molar-refractivity contribution is -0.143. The Morgan fingerprint density at radius 2 is 1.53 bits per heavy atom. The zero-order valence-corrected chi connectivity index (χ0v) is 18.6. The lowest BCUT2D eigenvalue weighted by Crippen LogP contribution is -2.44. The van der Waals surface area contributed by atoms with Gasteiger partial charge in [-0.05, 0) is 48.9 Å². The minimum atomic E-state index is -5.09. The van der Waals surface area contributed by atoms with E-state index in [1.54, 1.807) is 19.1 Å². The van der Waals surface area contributed by atoms with Crippen LogP contribution in [-0.2, 0) is 23.7 Å². The summed E-state index contributed by atoms with van der Waals surface area (Å²) in [6.07, 6.45) is -11.0. The van der Waals surface area contributed by atoms with E-state index in [0.717, 1.165) is 5.56 Å². The molecule has 4 rings (SSSR count). The van der Waals surface area contributed by atoms with Crippen molar-refractivity contribution in [2.75, 3.05) is 10.2 Å². The van der Waals surface area contributed by atoms with Crippen LogP contribution in [0.15, 0.2) is 66.7 Å². The highest BCUT2D eigenvalue weighted by Crippen LogP contribution is 2.39. The van der Waals surface area contributed by atoms with Crippen LogP contribution in [0, 0.1) is 0 Å². The molecule has 1 N–H and O–H groups in total. The zero-order chi connectivity index (χ0) is 26.3. The standard InChI is InChI=1S/C25H18F6N2O3/c1-14-23(35)33(13-15-5-3-2-4-6-15)20-12-19(7-8-21(20)36-14)32-22(34)16-9-17(24(26,27)28)11-18(10-16)25(29,30)31/h2-12,14H,13H2,1H3,(H,32,34). The molecule has 1 aliphatic rings. The molecular formula is C25H18F6N2O3. The number of nitrogens with one attached hydrogen (secondary N) is 1. The van der Waals surface area contributed by atoms with E-state index in [1.165, 1.54) is 23.1 Å². The molecular weight excluding hydrogens is 490 g/mol. The maximum Gasteiger partial charge on any atom is 0.416 e. The first-order chi connectivity index (χ1) is 16.8. The van der Waals surface area contributed by atoms with E-state index in [0.29, 0.717) is 23.6 Å². The van der Waals surface area contributed by atoms with Gasteiger partial charge in [0.05, 0.1) is 23.4 Å². The Balaban J connectivity index is 1.66. The summed E-state index contributed by atoms with van der Waals surface area (Å²) in [4.78, 5) is 26.9. The van der Waals surface area contributed by atoms with E-state index in [9.17, 15) is 35.9 Å². The van der Waals surface area contributed by atoms with Crippen LogP contribution < -0.4 is 15.0 Å². The third-order valence-electron chi connectivity index (χ3n) is 5.46. The Morgan fingerprint density at radius 1 is 0.917 bits per heavy atom. The van der Waals surface area contributed by atoms with Crippen LogP contribution in [0.1, 0.15) is 34.0 Å². The first-order valence-electron chi connectivity index (χ1n) is 10.6. The van der Waals surface area contributed by atoms with Gasteiger partial charge in [-0.1, -0.05) is 30.3 Å². The summed E-state index contributed by atoms with van der Waals surface area (Å²) >= 11 is 0. The van der Waals surface area contributed by atoms with Crippen molar-refractivity contribution in [3.05, 3.63) is 89.0 Å². The van der Waals surface area contributed by atoms with Gasteiger partial charge in [0.1, 0.15) is 5.75 Å². The molecule has 1 aliphatic heterocycles. The Hall–Kier alpha value is -4.02. The molecule has 1 heterocycles. The highest BCUT2D eigenvalue weighted by Gasteiger charge is 2.38. The van der Waals surface area contributed by atoms with Crippen molar-refractivity contribution in [3.63, 3.8) is 0 Å². The van der Waals surface area contributed by atoms with E-state index in [2.05, 4.69) is 5.32 Å². The molecule has 0 saturated heterocycles. The largest absolute Gasteiger partial charge is 0.479 e. The van der Waals surface area contributed by atoms with Gasteiger partial charge in [-0.25, -0.2) is 0 Å². The van der Waals surface area contributed by atoms with E-state index in [1.807, 2.05) is 18.2 Å². The number of hydrogen-bond donors (Lipinski definition) is 1. The summed E-state index contributed by atoms with van der Waals surface area (Å²) in [5, 5.41) is 2.31. The predicted molar refractivity (Wildman–Crippen MR) is 119 cm³/mol. The van der Waals surface area contributed by atoms with Gasteiger partial charge in [-0.15, -0.1) is 0 Å². The number of benzene rings is 3. The number of alkyl halides is 6. The molecule has 11 heteroatoms. The minimum absolute atomic E-state index is 0.0498. The molecule has 1 atom stereocenters. The average molecular weight is 508 g/mol. The van der Waals surface area contributed by atoms with Crippen molar-refractivity contribution in [2.45, 2.75) is 31.9 Å². The van der Waals surface area contributed by atoms with E-state index >= 15 is 0 Å². The molecule has 0 aromatic heterocycles. The van der Waals surface area contributed by atoms with Crippen LogP contribution in [0.4, 0.5) is 37.7 Å². The lowest BCUT2D eigenvalue weighted by atomic mass is 10.0. The normalized spacial score (nSPS) is 15.8. The first kappa shape index (κ1) is 25.1. The van der Waals surface area contributed by atoms with Gasteiger partial charge in [0.15, 0.2) is 6.10 Å². The van der Waals surface area contributed by atoms with Crippen LogP contribution in [0.5, 0.6) is 5.75 Å². The fraction of sp³-hybridized carbons (Fsp3) is 0.200. The number of rotatable bonds is 4. The molecule has 188 valence electrons. The smallest absolute Gasteiger partial charge is 0.416 e. The molecule has 1 unspecified atom stereocenters. The molecule has 0 saturated carbocycles. The fourth-order valence-corrected chi connectivity index (χ4v) is 3.70. The van der Waals surface area contributed by atoms with E-state index < -0.39 is 41.1 Å². The number of halogens is 6. The Labute approximate surface area is 201 Å². The Bertz CT molecular complexity index is 1270. The quantitative estimate of drug-likeness (QED) is 0.422.